The Morgan fingerprint density at radius 1 is 1.62 bits per heavy atom. The second kappa shape index (κ2) is 4.05. The first kappa shape index (κ1) is 10.8. The number of carbonyl (C=O) groups is 1. The van der Waals surface area contributed by atoms with Crippen molar-refractivity contribution in [3.8, 4) is 10.4 Å². The molecule has 0 aliphatic carbocycles. The van der Waals surface area contributed by atoms with Crippen LogP contribution >= 0.6 is 11.3 Å². The highest BCUT2D eigenvalue weighted by Gasteiger charge is 2.15. The molecular weight excluding hydrogens is 226 g/mol. The summed E-state index contributed by atoms with van der Waals surface area (Å²) < 4.78 is 1.80. The van der Waals surface area contributed by atoms with Crippen LogP contribution in [0, 0.1) is 6.92 Å². The molecule has 0 radical (unpaired) electrons. The highest BCUT2D eigenvalue weighted by Crippen LogP contribution is 2.29. The summed E-state index contributed by atoms with van der Waals surface area (Å²) in [6, 6.07) is 0. The van der Waals surface area contributed by atoms with Gasteiger partial charge in [0.25, 0.3) is 0 Å². The average Bonchev–Trinajstić information content (AvgIpc) is 2.83. The summed E-state index contributed by atoms with van der Waals surface area (Å²) in [5.74, 6) is -0.984. The Bertz CT molecular complexity index is 530. The summed E-state index contributed by atoms with van der Waals surface area (Å²) in [7, 11) is 0. The Labute approximate surface area is 96.4 Å². The van der Waals surface area contributed by atoms with E-state index in [-0.39, 0.29) is 5.01 Å². The maximum atomic E-state index is 10.8. The molecule has 1 N–H and O–H groups in total. The molecule has 0 amide bonds. The minimum atomic E-state index is -0.984. The van der Waals surface area contributed by atoms with Gasteiger partial charge in [0.15, 0.2) is 0 Å². The van der Waals surface area contributed by atoms with Crippen LogP contribution in [-0.4, -0.2) is 25.8 Å². The molecule has 84 valence electrons. The third-order valence-electron chi connectivity index (χ3n) is 2.20. The highest BCUT2D eigenvalue weighted by atomic mass is 32.1. The van der Waals surface area contributed by atoms with Crippen molar-refractivity contribution in [1.82, 2.24) is 14.8 Å². The fourth-order valence-electron chi connectivity index (χ4n) is 1.41. The van der Waals surface area contributed by atoms with Crippen molar-refractivity contribution in [2.45, 2.75) is 20.4 Å². The maximum Gasteiger partial charge on any atom is 0.365 e. The smallest absolute Gasteiger partial charge is 0.365 e. The van der Waals surface area contributed by atoms with Gasteiger partial charge in [0, 0.05) is 18.3 Å². The molecule has 0 aliphatic rings. The van der Waals surface area contributed by atoms with E-state index in [2.05, 4.69) is 10.1 Å². The lowest BCUT2D eigenvalue weighted by molar-refractivity contribution is 0.0696. The summed E-state index contributed by atoms with van der Waals surface area (Å²) in [5, 5.41) is 13.1. The van der Waals surface area contributed by atoms with Crippen molar-refractivity contribution in [2.24, 2.45) is 0 Å². The maximum absolute atomic E-state index is 10.8. The third-order valence-corrected chi connectivity index (χ3v) is 3.39. The van der Waals surface area contributed by atoms with Crippen LogP contribution in [0.5, 0.6) is 0 Å². The van der Waals surface area contributed by atoms with Gasteiger partial charge in [-0.05, 0) is 13.8 Å². The van der Waals surface area contributed by atoms with E-state index in [1.54, 1.807) is 10.9 Å². The number of rotatable bonds is 3. The highest BCUT2D eigenvalue weighted by molar-refractivity contribution is 7.17. The summed E-state index contributed by atoms with van der Waals surface area (Å²) in [6.45, 7) is 4.60. The van der Waals surface area contributed by atoms with Crippen LogP contribution in [0.2, 0.25) is 0 Å². The predicted octanol–water partition coefficient (Wildman–Crippen LogP) is 2.03. The lowest BCUT2D eigenvalue weighted by atomic mass is 10.2. The molecule has 0 aromatic carbocycles. The SMILES string of the molecule is CCn1cc(-c2sc(C(=O)O)nc2C)cn1. The summed E-state index contributed by atoms with van der Waals surface area (Å²) in [4.78, 5) is 15.7. The Balaban J connectivity index is 2.43. The molecule has 0 unspecified atom stereocenters. The molecule has 2 aromatic heterocycles. The first-order chi connectivity index (χ1) is 7.61. The van der Waals surface area contributed by atoms with Crippen molar-refractivity contribution in [3.05, 3.63) is 23.1 Å². The first-order valence-corrected chi connectivity index (χ1v) is 5.67. The number of aromatic carboxylic acids is 1. The predicted molar refractivity (Wildman–Crippen MR) is 60.7 cm³/mol. The van der Waals surface area contributed by atoms with Gasteiger partial charge in [0.1, 0.15) is 0 Å². The van der Waals surface area contributed by atoms with Gasteiger partial charge >= 0.3 is 5.97 Å². The van der Waals surface area contributed by atoms with Crippen LogP contribution in [-0.2, 0) is 6.54 Å². The zero-order valence-electron chi connectivity index (χ0n) is 8.97. The molecule has 0 aliphatic heterocycles. The van der Waals surface area contributed by atoms with E-state index in [0.717, 1.165) is 22.7 Å². The number of thiazole rings is 1. The number of hydrogen-bond donors (Lipinski definition) is 1. The monoisotopic (exact) mass is 237 g/mol. The van der Waals surface area contributed by atoms with Crippen molar-refractivity contribution in [3.63, 3.8) is 0 Å². The molecule has 2 heterocycles. The topological polar surface area (TPSA) is 68.0 Å². The number of carboxylic acids is 1. The number of aromatic nitrogens is 3. The van der Waals surface area contributed by atoms with Gasteiger partial charge in [-0.25, -0.2) is 9.78 Å². The molecule has 0 saturated heterocycles. The molecule has 6 heteroatoms. The number of nitrogens with zero attached hydrogens (tertiary/aromatic N) is 3. The van der Waals surface area contributed by atoms with E-state index < -0.39 is 5.97 Å². The number of carboxylic acid groups (broad SMARTS) is 1. The first-order valence-electron chi connectivity index (χ1n) is 4.85. The lowest BCUT2D eigenvalue weighted by Gasteiger charge is -1.92. The number of aryl methyl sites for hydroxylation is 2. The van der Waals surface area contributed by atoms with Crippen LogP contribution in [0.3, 0.4) is 0 Å². The van der Waals surface area contributed by atoms with Crippen LogP contribution < -0.4 is 0 Å². The van der Waals surface area contributed by atoms with E-state index >= 15 is 0 Å². The van der Waals surface area contributed by atoms with Crippen LogP contribution in [0.1, 0.15) is 22.4 Å². The van der Waals surface area contributed by atoms with Gasteiger partial charge in [-0.1, -0.05) is 0 Å². The van der Waals surface area contributed by atoms with E-state index in [9.17, 15) is 4.79 Å². The molecular formula is C10H11N3O2S. The van der Waals surface area contributed by atoms with Crippen LogP contribution in [0.15, 0.2) is 12.4 Å². The van der Waals surface area contributed by atoms with Crippen molar-refractivity contribution in [1.29, 1.82) is 0 Å². The normalized spacial score (nSPS) is 10.6. The average molecular weight is 237 g/mol. The molecule has 0 saturated carbocycles. The minimum absolute atomic E-state index is 0.122. The van der Waals surface area contributed by atoms with E-state index in [1.165, 1.54) is 11.3 Å². The van der Waals surface area contributed by atoms with E-state index in [1.807, 2.05) is 20.0 Å². The van der Waals surface area contributed by atoms with E-state index in [0.29, 0.717) is 0 Å². The second-order valence-corrected chi connectivity index (χ2v) is 4.32. The van der Waals surface area contributed by atoms with Crippen LogP contribution in [0.25, 0.3) is 10.4 Å². The molecule has 0 bridgehead atoms. The Kier molecular flexibility index (Phi) is 2.74. The van der Waals surface area contributed by atoms with Gasteiger partial charge in [-0.15, -0.1) is 11.3 Å². The zero-order chi connectivity index (χ0) is 11.7. The Hall–Kier alpha value is -1.69. The Morgan fingerprint density at radius 2 is 2.38 bits per heavy atom. The molecule has 2 aromatic rings. The van der Waals surface area contributed by atoms with Gasteiger partial charge in [-0.2, -0.15) is 5.10 Å². The summed E-state index contributed by atoms with van der Waals surface area (Å²) >= 11 is 1.18. The number of hydrogen-bond acceptors (Lipinski definition) is 4. The van der Waals surface area contributed by atoms with E-state index in [4.69, 9.17) is 5.11 Å². The standard InChI is InChI=1S/C10H11N3O2S/c1-3-13-5-7(4-11-13)8-6(2)12-9(16-8)10(14)15/h4-5H,3H2,1-2H3,(H,14,15). The van der Waals surface area contributed by atoms with Crippen molar-refractivity contribution in [2.75, 3.05) is 0 Å². The van der Waals surface area contributed by atoms with Gasteiger partial charge in [0.05, 0.1) is 16.8 Å². The van der Waals surface area contributed by atoms with Crippen molar-refractivity contribution >= 4 is 17.3 Å². The molecule has 5 nitrogen and oxygen atoms in total. The second-order valence-electron chi connectivity index (χ2n) is 3.32. The fourth-order valence-corrected chi connectivity index (χ4v) is 2.29. The third kappa shape index (κ3) is 1.83. The van der Waals surface area contributed by atoms with Gasteiger partial charge in [-0.3, -0.25) is 4.68 Å². The minimum Gasteiger partial charge on any atom is -0.476 e. The fraction of sp³-hybridized carbons (Fsp3) is 0.300. The largest absolute Gasteiger partial charge is 0.476 e. The Morgan fingerprint density at radius 3 is 2.88 bits per heavy atom. The van der Waals surface area contributed by atoms with Gasteiger partial charge in [0.2, 0.25) is 5.01 Å². The molecule has 2 rings (SSSR count). The van der Waals surface area contributed by atoms with Crippen molar-refractivity contribution < 1.29 is 9.90 Å². The zero-order valence-corrected chi connectivity index (χ0v) is 9.78. The molecule has 0 spiro atoms. The van der Waals surface area contributed by atoms with Gasteiger partial charge < -0.3 is 5.11 Å². The van der Waals surface area contributed by atoms with Crippen LogP contribution in [0.4, 0.5) is 0 Å². The summed E-state index contributed by atoms with van der Waals surface area (Å²) in [6.07, 6.45) is 3.63. The quantitative estimate of drug-likeness (QED) is 0.886. The molecule has 0 atom stereocenters. The lowest BCUT2D eigenvalue weighted by Crippen LogP contribution is -1.93. The summed E-state index contributed by atoms with van der Waals surface area (Å²) in [5.41, 5.74) is 1.66. The molecule has 0 fully saturated rings. The molecule has 16 heavy (non-hydrogen) atoms.